The molecule has 0 heterocycles. The second-order valence-corrected chi connectivity index (χ2v) is 11.2. The highest BCUT2D eigenvalue weighted by molar-refractivity contribution is 5.92. The second kappa shape index (κ2) is 14.7. The molecule has 2 aromatic carbocycles. The molecule has 220 valence electrons. The highest BCUT2D eigenvalue weighted by Gasteiger charge is 2.37. The first-order valence-electron chi connectivity index (χ1n) is 13.8. The van der Waals surface area contributed by atoms with E-state index < -0.39 is 29.7 Å². The third-order valence-corrected chi connectivity index (χ3v) is 6.60. The number of carbonyl (C=O) groups excluding carboxylic acids is 3. The molecule has 3 atom stereocenters. The van der Waals surface area contributed by atoms with Crippen molar-refractivity contribution < 1.29 is 29.3 Å². The fraction of sp³-hybridized carbons (Fsp3) is 0.516. The summed E-state index contributed by atoms with van der Waals surface area (Å²) in [6.07, 6.45) is 0.942. The number of nitrogens with one attached hydrogen (secondary N) is 2. The molecule has 40 heavy (non-hydrogen) atoms. The maximum atomic E-state index is 14.2. The Balaban J connectivity index is 2.58. The van der Waals surface area contributed by atoms with E-state index in [4.69, 9.17) is 4.74 Å². The molecule has 9 nitrogen and oxygen atoms in total. The van der Waals surface area contributed by atoms with Crippen LogP contribution in [0.3, 0.4) is 0 Å². The molecule has 4 N–H and O–H groups in total. The zero-order valence-corrected chi connectivity index (χ0v) is 24.8. The van der Waals surface area contributed by atoms with Crippen molar-refractivity contribution in [3.05, 3.63) is 64.7 Å². The summed E-state index contributed by atoms with van der Waals surface area (Å²) in [6, 6.07) is 9.61. The molecule has 0 aliphatic carbocycles. The number of aryl methyl sites for hydroxylation is 1. The Kier molecular flexibility index (Phi) is 12.0. The number of phenols is 1. The second-order valence-electron chi connectivity index (χ2n) is 11.2. The van der Waals surface area contributed by atoms with Crippen LogP contribution in [-0.2, 0) is 20.7 Å². The Labute approximate surface area is 237 Å². The third kappa shape index (κ3) is 9.55. The van der Waals surface area contributed by atoms with Crippen LogP contribution in [0, 0.1) is 13.8 Å². The van der Waals surface area contributed by atoms with Crippen LogP contribution in [0.2, 0.25) is 0 Å². The predicted molar refractivity (Wildman–Crippen MR) is 155 cm³/mol. The van der Waals surface area contributed by atoms with E-state index in [0.717, 1.165) is 24.0 Å². The van der Waals surface area contributed by atoms with Crippen molar-refractivity contribution in [3.8, 4) is 5.75 Å². The van der Waals surface area contributed by atoms with Crippen LogP contribution in [0.25, 0.3) is 0 Å². The number of aromatic hydroxyl groups is 1. The minimum absolute atomic E-state index is 0.0708. The van der Waals surface area contributed by atoms with E-state index in [0.29, 0.717) is 11.1 Å². The lowest BCUT2D eigenvalue weighted by molar-refractivity contribution is -0.143. The number of nitrogens with zero attached hydrogens (tertiary/aromatic N) is 1. The van der Waals surface area contributed by atoms with Gasteiger partial charge in [0.25, 0.3) is 0 Å². The van der Waals surface area contributed by atoms with E-state index in [9.17, 15) is 24.6 Å². The summed E-state index contributed by atoms with van der Waals surface area (Å²) in [4.78, 5) is 42.2. The van der Waals surface area contributed by atoms with Gasteiger partial charge in [0.2, 0.25) is 11.8 Å². The summed E-state index contributed by atoms with van der Waals surface area (Å²) in [7, 11) is 0. The van der Waals surface area contributed by atoms with Gasteiger partial charge in [0, 0.05) is 19.0 Å². The van der Waals surface area contributed by atoms with Crippen molar-refractivity contribution in [2.24, 2.45) is 0 Å². The first kappa shape index (κ1) is 32.6. The molecule has 0 spiro atoms. The van der Waals surface area contributed by atoms with Crippen molar-refractivity contribution >= 4 is 17.9 Å². The highest BCUT2D eigenvalue weighted by Crippen LogP contribution is 2.28. The molecule has 2 aromatic rings. The molecule has 9 heteroatoms. The molecule has 3 unspecified atom stereocenters. The predicted octanol–water partition coefficient (Wildman–Crippen LogP) is 4.31. The zero-order valence-electron chi connectivity index (χ0n) is 24.8. The number of phenolic OH excluding ortho intramolecular Hbond substituents is 1. The normalized spacial score (nSPS) is 13.6. The van der Waals surface area contributed by atoms with Crippen LogP contribution in [0.15, 0.2) is 42.5 Å². The Hall–Kier alpha value is -3.59. The largest absolute Gasteiger partial charge is 0.508 e. The topological polar surface area (TPSA) is 128 Å². The first-order valence-corrected chi connectivity index (χ1v) is 13.8. The summed E-state index contributed by atoms with van der Waals surface area (Å²) in [5, 5.41) is 25.4. The average molecular weight is 556 g/mol. The highest BCUT2D eigenvalue weighted by atomic mass is 16.6. The molecule has 0 radical (unpaired) electrons. The lowest BCUT2D eigenvalue weighted by atomic mass is 9.94. The van der Waals surface area contributed by atoms with Crippen molar-refractivity contribution in [2.45, 2.75) is 91.5 Å². The van der Waals surface area contributed by atoms with Gasteiger partial charge in [-0.2, -0.15) is 0 Å². The number of aliphatic hydroxyl groups excluding tert-OH is 1. The minimum atomic E-state index is -1.11. The van der Waals surface area contributed by atoms with Gasteiger partial charge in [-0.1, -0.05) is 43.7 Å². The molecule has 0 aliphatic heterocycles. The number of ether oxygens (including phenoxy) is 1. The summed E-state index contributed by atoms with van der Waals surface area (Å²) in [6.45, 7) is 12.4. The molecule has 0 saturated carbocycles. The average Bonchev–Trinajstić information content (AvgIpc) is 2.85. The molecular formula is C31H45N3O6. The first-order chi connectivity index (χ1) is 18.8. The van der Waals surface area contributed by atoms with E-state index in [1.807, 2.05) is 45.9 Å². The molecule has 3 amide bonds. The number of alkyl carbamates (subject to hydrolysis) is 1. The van der Waals surface area contributed by atoms with Gasteiger partial charge in [-0.25, -0.2) is 4.79 Å². The lowest BCUT2D eigenvalue weighted by Crippen LogP contribution is -2.55. The van der Waals surface area contributed by atoms with Crippen LogP contribution < -0.4 is 10.6 Å². The summed E-state index contributed by atoms with van der Waals surface area (Å²) >= 11 is 0. The molecule has 0 saturated heterocycles. The van der Waals surface area contributed by atoms with Gasteiger partial charge in [-0.05, 0) is 82.3 Å². The van der Waals surface area contributed by atoms with Gasteiger partial charge in [-0.15, -0.1) is 0 Å². The fourth-order valence-corrected chi connectivity index (χ4v) is 4.54. The zero-order chi connectivity index (χ0) is 30.0. The number of rotatable bonds is 12. The van der Waals surface area contributed by atoms with Gasteiger partial charge in [0.15, 0.2) is 0 Å². The molecule has 0 bridgehead atoms. The van der Waals surface area contributed by atoms with E-state index in [1.54, 1.807) is 32.9 Å². The Morgan fingerprint density at radius 3 is 2.25 bits per heavy atom. The van der Waals surface area contributed by atoms with E-state index >= 15 is 0 Å². The van der Waals surface area contributed by atoms with Gasteiger partial charge >= 0.3 is 6.09 Å². The number of benzene rings is 2. The number of hydrogen-bond acceptors (Lipinski definition) is 6. The number of hydrogen-bond donors (Lipinski definition) is 4. The molecule has 0 fully saturated rings. The lowest BCUT2D eigenvalue weighted by Gasteiger charge is -2.35. The number of amides is 3. The minimum Gasteiger partial charge on any atom is -0.508 e. The molecule has 2 rings (SSSR count). The van der Waals surface area contributed by atoms with E-state index in [-0.39, 0.29) is 37.3 Å². The van der Waals surface area contributed by atoms with E-state index in [1.165, 1.54) is 17.0 Å². The van der Waals surface area contributed by atoms with Crippen LogP contribution in [0.4, 0.5) is 4.79 Å². The van der Waals surface area contributed by atoms with Gasteiger partial charge in [0.1, 0.15) is 23.4 Å². The number of aliphatic hydroxyl groups is 1. The van der Waals surface area contributed by atoms with E-state index in [2.05, 4.69) is 10.6 Å². The summed E-state index contributed by atoms with van der Waals surface area (Å²) < 4.78 is 5.43. The molecule has 0 aliphatic rings. The fourth-order valence-electron chi connectivity index (χ4n) is 4.54. The third-order valence-electron chi connectivity index (χ3n) is 6.60. The van der Waals surface area contributed by atoms with Crippen LogP contribution in [-0.4, -0.2) is 63.9 Å². The molecular weight excluding hydrogens is 510 g/mol. The van der Waals surface area contributed by atoms with Crippen LogP contribution in [0.1, 0.15) is 75.8 Å². The summed E-state index contributed by atoms with van der Waals surface area (Å²) in [5.74, 6) is -0.837. The van der Waals surface area contributed by atoms with Crippen molar-refractivity contribution in [1.82, 2.24) is 15.5 Å². The van der Waals surface area contributed by atoms with Gasteiger partial charge < -0.3 is 30.5 Å². The van der Waals surface area contributed by atoms with Crippen molar-refractivity contribution in [3.63, 3.8) is 0 Å². The molecule has 0 aromatic heterocycles. The van der Waals surface area contributed by atoms with Crippen LogP contribution >= 0.6 is 0 Å². The SMILES string of the molecule is CCCC(C)NC(=O)C(c1cccc(C)c1C)N(CCO)C(=O)C(Cc1ccc(O)cc1)NC(=O)OC(C)(C)C. The Morgan fingerprint density at radius 2 is 1.68 bits per heavy atom. The quantitative estimate of drug-likeness (QED) is 0.309. The van der Waals surface area contributed by atoms with Gasteiger partial charge in [0.05, 0.1) is 6.61 Å². The maximum absolute atomic E-state index is 14.2. The maximum Gasteiger partial charge on any atom is 0.408 e. The Bertz CT molecular complexity index is 1140. The Morgan fingerprint density at radius 1 is 1.02 bits per heavy atom. The van der Waals surface area contributed by atoms with Crippen LogP contribution in [0.5, 0.6) is 5.75 Å². The summed E-state index contributed by atoms with van der Waals surface area (Å²) in [5.41, 5.74) is 2.35. The smallest absolute Gasteiger partial charge is 0.408 e. The van der Waals surface area contributed by atoms with Gasteiger partial charge in [-0.3, -0.25) is 9.59 Å². The van der Waals surface area contributed by atoms with Crippen molar-refractivity contribution in [2.75, 3.05) is 13.2 Å². The monoisotopic (exact) mass is 555 g/mol. The number of carbonyl (C=O) groups is 3. The van der Waals surface area contributed by atoms with Crippen molar-refractivity contribution in [1.29, 1.82) is 0 Å². The standard InChI is InChI=1S/C31H45N3O6/c1-8-10-21(3)32-28(37)27(25-12-9-11-20(2)22(25)4)34(17-18-35)29(38)26(33-30(39)40-31(5,6)7)19-23-13-15-24(36)16-14-23/h9,11-16,21,26-27,35-36H,8,10,17-19H2,1-7H3,(H,32,37)(H,33,39).